The van der Waals surface area contributed by atoms with E-state index in [-0.39, 0.29) is 0 Å². The van der Waals surface area contributed by atoms with Crippen molar-refractivity contribution in [3.05, 3.63) is 53.6 Å². The molecule has 2 aromatic rings. The topological polar surface area (TPSA) is 53.6 Å². The first kappa shape index (κ1) is 13.3. The Balaban J connectivity index is 2.06. The lowest BCUT2D eigenvalue weighted by Crippen LogP contribution is -2.17. The molecule has 0 aromatic carbocycles. The molecule has 0 saturated heterocycles. The van der Waals surface area contributed by atoms with Gasteiger partial charge in [0.1, 0.15) is 11.8 Å². The summed E-state index contributed by atoms with van der Waals surface area (Å²) in [5.74, 6) is 0. The molecule has 0 unspecified atom stereocenters. The van der Waals surface area contributed by atoms with E-state index >= 15 is 0 Å². The number of nitrogens with zero attached hydrogens (tertiary/aromatic N) is 3. The predicted octanol–water partition coefficient (Wildman–Crippen LogP) is 2.30. The molecule has 0 radical (unpaired) electrons. The zero-order valence-electron chi connectivity index (χ0n) is 11.1. The quantitative estimate of drug-likeness (QED) is 0.805. The molecule has 2 heterocycles. The van der Waals surface area contributed by atoms with Crippen LogP contribution in [0.1, 0.15) is 30.3 Å². The Morgan fingerprint density at radius 1 is 1.42 bits per heavy atom. The van der Waals surface area contributed by atoms with Crippen molar-refractivity contribution in [3.8, 4) is 6.07 Å². The molecule has 0 spiro atoms. The van der Waals surface area contributed by atoms with Crippen molar-refractivity contribution in [2.75, 3.05) is 6.54 Å². The van der Waals surface area contributed by atoms with Crippen LogP contribution in [0.15, 0.2) is 36.7 Å². The largest absolute Gasteiger partial charge is 0.346 e. The lowest BCUT2D eigenvalue weighted by Gasteiger charge is -2.10. The second kappa shape index (κ2) is 6.72. The standard InChI is InChI=1S/C15H18N4/c1-2-6-17-11-15-4-3-8-19(15)12-13-5-7-18-14(9-13)10-16/h3-5,7-9,17H,2,6,11-12H2,1H3. The lowest BCUT2D eigenvalue weighted by molar-refractivity contribution is 0.630. The summed E-state index contributed by atoms with van der Waals surface area (Å²) in [4.78, 5) is 3.99. The van der Waals surface area contributed by atoms with Gasteiger partial charge in [-0.05, 0) is 42.8 Å². The number of hydrogen-bond acceptors (Lipinski definition) is 3. The van der Waals surface area contributed by atoms with Crippen LogP contribution in [-0.2, 0) is 13.1 Å². The highest BCUT2D eigenvalue weighted by molar-refractivity contribution is 5.26. The van der Waals surface area contributed by atoms with Crippen LogP contribution in [0.25, 0.3) is 0 Å². The minimum atomic E-state index is 0.468. The molecule has 0 fully saturated rings. The van der Waals surface area contributed by atoms with E-state index in [4.69, 9.17) is 5.26 Å². The fraction of sp³-hybridized carbons (Fsp3) is 0.333. The van der Waals surface area contributed by atoms with E-state index in [2.05, 4.69) is 46.2 Å². The van der Waals surface area contributed by atoms with E-state index < -0.39 is 0 Å². The van der Waals surface area contributed by atoms with E-state index in [0.29, 0.717) is 5.69 Å². The van der Waals surface area contributed by atoms with Gasteiger partial charge < -0.3 is 9.88 Å². The van der Waals surface area contributed by atoms with Crippen LogP contribution in [-0.4, -0.2) is 16.1 Å². The van der Waals surface area contributed by atoms with Crippen molar-refractivity contribution >= 4 is 0 Å². The molecule has 2 aromatic heterocycles. The van der Waals surface area contributed by atoms with Gasteiger partial charge in [-0.15, -0.1) is 0 Å². The Morgan fingerprint density at radius 3 is 3.11 bits per heavy atom. The maximum atomic E-state index is 8.86. The Morgan fingerprint density at radius 2 is 2.32 bits per heavy atom. The number of nitriles is 1. The molecule has 2 rings (SSSR count). The summed E-state index contributed by atoms with van der Waals surface area (Å²) < 4.78 is 2.19. The van der Waals surface area contributed by atoms with Crippen LogP contribution >= 0.6 is 0 Å². The van der Waals surface area contributed by atoms with Gasteiger partial charge in [0.2, 0.25) is 0 Å². The summed E-state index contributed by atoms with van der Waals surface area (Å²) in [5.41, 5.74) is 2.82. The smallest absolute Gasteiger partial charge is 0.140 e. The Bertz CT molecular complexity index is 566. The minimum absolute atomic E-state index is 0.468. The van der Waals surface area contributed by atoms with E-state index in [1.165, 1.54) is 5.69 Å². The normalized spacial score (nSPS) is 10.3. The maximum absolute atomic E-state index is 8.86. The predicted molar refractivity (Wildman–Crippen MR) is 74.5 cm³/mol. The Hall–Kier alpha value is -2.12. The molecule has 19 heavy (non-hydrogen) atoms. The third kappa shape index (κ3) is 3.67. The molecule has 0 aliphatic carbocycles. The summed E-state index contributed by atoms with van der Waals surface area (Å²) in [6.07, 6.45) is 4.89. The Labute approximate surface area is 113 Å². The van der Waals surface area contributed by atoms with Gasteiger partial charge in [0.25, 0.3) is 0 Å². The lowest BCUT2D eigenvalue weighted by atomic mass is 10.2. The second-order valence-electron chi connectivity index (χ2n) is 4.47. The molecule has 0 aliphatic heterocycles. The number of rotatable bonds is 6. The maximum Gasteiger partial charge on any atom is 0.140 e. The number of hydrogen-bond donors (Lipinski definition) is 1. The molecule has 0 atom stereocenters. The van der Waals surface area contributed by atoms with E-state index in [0.717, 1.165) is 31.6 Å². The summed E-state index contributed by atoms with van der Waals surface area (Å²) in [6.45, 7) is 4.83. The highest BCUT2D eigenvalue weighted by Gasteiger charge is 2.02. The minimum Gasteiger partial charge on any atom is -0.346 e. The van der Waals surface area contributed by atoms with Gasteiger partial charge in [0, 0.05) is 31.2 Å². The molecule has 1 N–H and O–H groups in total. The molecule has 4 nitrogen and oxygen atoms in total. The van der Waals surface area contributed by atoms with Gasteiger partial charge in [0.05, 0.1) is 0 Å². The SMILES string of the molecule is CCCNCc1cccn1Cc1ccnc(C#N)c1. The first-order valence-electron chi connectivity index (χ1n) is 6.53. The van der Waals surface area contributed by atoms with Crippen molar-refractivity contribution in [2.45, 2.75) is 26.4 Å². The highest BCUT2D eigenvalue weighted by atomic mass is 15.0. The fourth-order valence-corrected chi connectivity index (χ4v) is 1.99. The highest BCUT2D eigenvalue weighted by Crippen LogP contribution is 2.08. The number of aromatic nitrogens is 2. The molecular formula is C15H18N4. The molecule has 4 heteroatoms. The summed E-state index contributed by atoms with van der Waals surface area (Å²) in [6, 6.07) is 10.0. The van der Waals surface area contributed by atoms with Crippen LogP contribution in [0.3, 0.4) is 0 Å². The van der Waals surface area contributed by atoms with E-state index in [1.807, 2.05) is 12.1 Å². The number of pyridine rings is 1. The summed E-state index contributed by atoms with van der Waals surface area (Å²) in [7, 11) is 0. The average molecular weight is 254 g/mol. The van der Waals surface area contributed by atoms with Crippen molar-refractivity contribution in [1.29, 1.82) is 5.26 Å². The molecule has 0 saturated carbocycles. The van der Waals surface area contributed by atoms with Crippen molar-refractivity contribution in [2.24, 2.45) is 0 Å². The number of nitrogens with one attached hydrogen (secondary N) is 1. The monoisotopic (exact) mass is 254 g/mol. The second-order valence-corrected chi connectivity index (χ2v) is 4.47. The fourth-order valence-electron chi connectivity index (χ4n) is 1.99. The summed E-state index contributed by atoms with van der Waals surface area (Å²) in [5, 5.41) is 12.3. The molecule has 0 amide bonds. The van der Waals surface area contributed by atoms with Gasteiger partial charge in [0.15, 0.2) is 0 Å². The zero-order chi connectivity index (χ0) is 13.5. The first-order chi connectivity index (χ1) is 9.33. The van der Waals surface area contributed by atoms with Crippen LogP contribution in [0, 0.1) is 11.3 Å². The first-order valence-corrected chi connectivity index (χ1v) is 6.53. The third-order valence-corrected chi connectivity index (χ3v) is 2.95. The molecule has 0 bridgehead atoms. The van der Waals surface area contributed by atoms with E-state index in [1.54, 1.807) is 6.20 Å². The van der Waals surface area contributed by atoms with Crippen LogP contribution in [0.5, 0.6) is 0 Å². The van der Waals surface area contributed by atoms with Gasteiger partial charge in [-0.1, -0.05) is 6.92 Å². The van der Waals surface area contributed by atoms with Crippen LogP contribution in [0.4, 0.5) is 0 Å². The Kier molecular flexibility index (Phi) is 4.71. The van der Waals surface area contributed by atoms with Crippen LogP contribution < -0.4 is 5.32 Å². The van der Waals surface area contributed by atoms with Crippen molar-refractivity contribution in [1.82, 2.24) is 14.9 Å². The third-order valence-electron chi connectivity index (χ3n) is 2.95. The van der Waals surface area contributed by atoms with Gasteiger partial charge >= 0.3 is 0 Å². The molecular weight excluding hydrogens is 236 g/mol. The van der Waals surface area contributed by atoms with Gasteiger partial charge in [-0.25, -0.2) is 4.98 Å². The molecule has 98 valence electrons. The van der Waals surface area contributed by atoms with Gasteiger partial charge in [-0.2, -0.15) is 5.26 Å². The van der Waals surface area contributed by atoms with Crippen LogP contribution in [0.2, 0.25) is 0 Å². The van der Waals surface area contributed by atoms with Gasteiger partial charge in [-0.3, -0.25) is 0 Å². The molecule has 0 aliphatic rings. The van der Waals surface area contributed by atoms with Crippen molar-refractivity contribution < 1.29 is 0 Å². The van der Waals surface area contributed by atoms with E-state index in [9.17, 15) is 0 Å². The summed E-state index contributed by atoms with van der Waals surface area (Å²) >= 11 is 0. The average Bonchev–Trinajstić information content (AvgIpc) is 2.87. The zero-order valence-corrected chi connectivity index (χ0v) is 11.1. The van der Waals surface area contributed by atoms with Crippen molar-refractivity contribution in [3.63, 3.8) is 0 Å².